The Labute approximate surface area is 134 Å². The van der Waals surface area contributed by atoms with Crippen molar-refractivity contribution in [3.63, 3.8) is 0 Å². The van der Waals surface area contributed by atoms with Gasteiger partial charge in [0.2, 0.25) is 0 Å². The molecule has 3 rings (SSSR count). The van der Waals surface area contributed by atoms with Gasteiger partial charge in [0.05, 0.1) is 7.11 Å². The van der Waals surface area contributed by atoms with Crippen molar-refractivity contribution in [3.05, 3.63) is 52.9 Å². The summed E-state index contributed by atoms with van der Waals surface area (Å²) in [5, 5.41) is 0.878. The highest BCUT2D eigenvalue weighted by Gasteiger charge is 2.16. The van der Waals surface area contributed by atoms with Crippen molar-refractivity contribution in [1.82, 2.24) is 9.55 Å². The number of hydrogen-bond acceptors (Lipinski definition) is 4. The molecule has 5 nitrogen and oxygen atoms in total. The van der Waals surface area contributed by atoms with Crippen molar-refractivity contribution in [2.24, 2.45) is 0 Å². The second-order valence-electron chi connectivity index (χ2n) is 5.35. The van der Waals surface area contributed by atoms with Gasteiger partial charge < -0.3 is 10.5 Å². The van der Waals surface area contributed by atoms with Crippen molar-refractivity contribution in [2.75, 3.05) is 12.8 Å². The average Bonchev–Trinajstić information content (AvgIpc) is 2.59. The molecule has 0 fully saturated rings. The summed E-state index contributed by atoms with van der Waals surface area (Å²) in [6.45, 7) is 2.62. The zero-order valence-corrected chi connectivity index (χ0v) is 13.2. The zero-order valence-electron chi connectivity index (χ0n) is 13.2. The number of benzene rings is 1. The first-order valence-corrected chi connectivity index (χ1v) is 7.58. The number of nitrogens with zero attached hydrogens (tertiary/aromatic N) is 2. The van der Waals surface area contributed by atoms with E-state index in [2.05, 4.69) is 4.98 Å². The minimum absolute atomic E-state index is 0.191. The Morgan fingerprint density at radius 1 is 1.22 bits per heavy atom. The second-order valence-corrected chi connectivity index (χ2v) is 5.35. The molecule has 2 N–H and O–H groups in total. The van der Waals surface area contributed by atoms with Gasteiger partial charge in [0.15, 0.2) is 0 Å². The molecule has 1 aromatic carbocycles. The summed E-state index contributed by atoms with van der Waals surface area (Å²) in [6.07, 6.45) is 2.54. The van der Waals surface area contributed by atoms with Gasteiger partial charge in [0, 0.05) is 23.7 Å². The maximum atomic E-state index is 12.7. The molecule has 0 spiro atoms. The summed E-state index contributed by atoms with van der Waals surface area (Å²) < 4.78 is 6.84. The van der Waals surface area contributed by atoms with Crippen molar-refractivity contribution in [3.8, 4) is 16.9 Å². The normalized spacial score (nSPS) is 10.9. The molecule has 2 heterocycles. The standard InChI is InChI=1S/C18H19N3O2/c1-3-11-21-17-14(5-4-10-20-17)15(16(19)18(21)22)12-6-8-13(23-2)9-7-12/h4-10H,3,11,19H2,1-2H3. The van der Waals surface area contributed by atoms with Crippen molar-refractivity contribution >= 4 is 16.7 Å². The van der Waals surface area contributed by atoms with Gasteiger partial charge in [0.1, 0.15) is 17.1 Å². The molecule has 0 atom stereocenters. The fourth-order valence-electron chi connectivity index (χ4n) is 2.80. The van der Waals surface area contributed by atoms with Crippen molar-refractivity contribution in [2.45, 2.75) is 19.9 Å². The molecular formula is C18H19N3O2. The molecule has 0 aliphatic heterocycles. The number of aromatic nitrogens is 2. The van der Waals surface area contributed by atoms with Crippen LogP contribution in [0.25, 0.3) is 22.2 Å². The topological polar surface area (TPSA) is 70.1 Å². The lowest BCUT2D eigenvalue weighted by atomic mass is 10.0. The summed E-state index contributed by atoms with van der Waals surface area (Å²) in [4.78, 5) is 17.1. The smallest absolute Gasteiger partial charge is 0.275 e. The van der Waals surface area contributed by atoms with E-state index in [4.69, 9.17) is 10.5 Å². The van der Waals surface area contributed by atoms with Crippen LogP contribution in [0.5, 0.6) is 5.75 Å². The fourth-order valence-corrected chi connectivity index (χ4v) is 2.80. The van der Waals surface area contributed by atoms with Crippen LogP contribution >= 0.6 is 0 Å². The lowest BCUT2D eigenvalue weighted by Gasteiger charge is -2.15. The number of pyridine rings is 2. The number of fused-ring (bicyclic) bond motifs is 1. The van der Waals surface area contributed by atoms with Gasteiger partial charge >= 0.3 is 0 Å². The summed E-state index contributed by atoms with van der Waals surface area (Å²) in [5.41, 5.74) is 8.53. The summed E-state index contributed by atoms with van der Waals surface area (Å²) in [5.74, 6) is 0.758. The van der Waals surface area contributed by atoms with E-state index in [1.807, 2.05) is 43.3 Å². The molecule has 0 saturated heterocycles. The molecule has 0 bridgehead atoms. The van der Waals surface area contributed by atoms with Crippen LogP contribution in [0.3, 0.4) is 0 Å². The number of nitrogen functional groups attached to an aromatic ring is 1. The predicted octanol–water partition coefficient (Wildman–Crippen LogP) is 3.06. The highest BCUT2D eigenvalue weighted by molar-refractivity contribution is 5.98. The van der Waals surface area contributed by atoms with E-state index in [1.165, 1.54) is 0 Å². The van der Waals surface area contributed by atoms with Crippen LogP contribution < -0.4 is 16.0 Å². The lowest BCUT2D eigenvalue weighted by molar-refractivity contribution is 0.415. The van der Waals surface area contributed by atoms with E-state index in [9.17, 15) is 4.79 Å². The average molecular weight is 309 g/mol. The number of anilines is 1. The zero-order chi connectivity index (χ0) is 16.4. The Bertz CT molecular complexity index is 899. The maximum Gasteiger partial charge on any atom is 0.275 e. The van der Waals surface area contributed by atoms with Gasteiger partial charge in [-0.05, 0) is 36.2 Å². The van der Waals surface area contributed by atoms with Crippen LogP contribution in [0.2, 0.25) is 0 Å². The minimum atomic E-state index is -0.191. The number of methoxy groups -OCH3 is 1. The molecule has 0 aliphatic rings. The number of aryl methyl sites for hydroxylation is 1. The summed E-state index contributed by atoms with van der Waals surface area (Å²) in [7, 11) is 1.62. The monoisotopic (exact) mass is 309 g/mol. The van der Waals surface area contributed by atoms with Crippen LogP contribution in [-0.2, 0) is 6.54 Å². The van der Waals surface area contributed by atoms with E-state index in [1.54, 1.807) is 17.9 Å². The third-order valence-corrected chi connectivity index (χ3v) is 3.88. The summed E-state index contributed by atoms with van der Waals surface area (Å²) >= 11 is 0. The molecule has 0 saturated carbocycles. The number of ether oxygens (including phenoxy) is 1. The van der Waals surface area contributed by atoms with Gasteiger partial charge in [-0.1, -0.05) is 19.1 Å². The molecule has 0 amide bonds. The minimum Gasteiger partial charge on any atom is -0.497 e. The molecule has 0 radical (unpaired) electrons. The van der Waals surface area contributed by atoms with E-state index >= 15 is 0 Å². The van der Waals surface area contributed by atoms with E-state index in [0.29, 0.717) is 12.2 Å². The van der Waals surface area contributed by atoms with Crippen LogP contribution in [0.1, 0.15) is 13.3 Å². The quantitative estimate of drug-likeness (QED) is 0.804. The second kappa shape index (κ2) is 6.12. The summed E-state index contributed by atoms with van der Waals surface area (Å²) in [6, 6.07) is 11.3. The first kappa shape index (κ1) is 15.1. The Kier molecular flexibility index (Phi) is 4.02. The Morgan fingerprint density at radius 2 is 1.96 bits per heavy atom. The molecule has 0 unspecified atom stereocenters. The fraction of sp³-hybridized carbons (Fsp3) is 0.222. The first-order chi connectivity index (χ1) is 11.2. The Morgan fingerprint density at radius 3 is 2.61 bits per heavy atom. The maximum absolute atomic E-state index is 12.7. The molecule has 0 aliphatic carbocycles. The van der Waals surface area contributed by atoms with Gasteiger partial charge in [-0.2, -0.15) is 0 Å². The molecule has 23 heavy (non-hydrogen) atoms. The van der Waals surface area contributed by atoms with Crippen LogP contribution in [0, 0.1) is 0 Å². The Balaban J connectivity index is 2.34. The molecule has 118 valence electrons. The predicted molar refractivity (Wildman–Crippen MR) is 92.7 cm³/mol. The van der Waals surface area contributed by atoms with E-state index in [-0.39, 0.29) is 11.2 Å². The highest BCUT2D eigenvalue weighted by atomic mass is 16.5. The molecular weight excluding hydrogens is 290 g/mol. The van der Waals surface area contributed by atoms with Crippen LogP contribution in [0.15, 0.2) is 47.4 Å². The number of rotatable bonds is 4. The lowest BCUT2D eigenvalue weighted by Crippen LogP contribution is -2.25. The first-order valence-electron chi connectivity index (χ1n) is 7.58. The van der Waals surface area contributed by atoms with Crippen LogP contribution in [0.4, 0.5) is 5.69 Å². The van der Waals surface area contributed by atoms with Crippen molar-refractivity contribution < 1.29 is 4.74 Å². The molecule has 5 heteroatoms. The van der Waals surface area contributed by atoms with Gasteiger partial charge in [0.25, 0.3) is 5.56 Å². The van der Waals surface area contributed by atoms with Crippen molar-refractivity contribution in [1.29, 1.82) is 0 Å². The van der Waals surface area contributed by atoms with Gasteiger partial charge in [-0.25, -0.2) is 4.98 Å². The molecule has 2 aromatic heterocycles. The van der Waals surface area contributed by atoms with Crippen LogP contribution in [-0.4, -0.2) is 16.7 Å². The third-order valence-electron chi connectivity index (χ3n) is 3.88. The third kappa shape index (κ3) is 2.54. The van der Waals surface area contributed by atoms with E-state index < -0.39 is 0 Å². The highest BCUT2D eigenvalue weighted by Crippen LogP contribution is 2.32. The van der Waals surface area contributed by atoms with Gasteiger partial charge in [-0.15, -0.1) is 0 Å². The van der Waals surface area contributed by atoms with E-state index in [0.717, 1.165) is 28.7 Å². The number of nitrogens with two attached hydrogens (primary N) is 1. The molecule has 3 aromatic rings. The SMILES string of the molecule is CCCn1c(=O)c(N)c(-c2ccc(OC)cc2)c2cccnc21. The Hall–Kier alpha value is -2.82. The number of hydrogen-bond donors (Lipinski definition) is 1. The largest absolute Gasteiger partial charge is 0.497 e. The van der Waals surface area contributed by atoms with Gasteiger partial charge in [-0.3, -0.25) is 9.36 Å².